The zero-order valence-corrected chi connectivity index (χ0v) is 14.7. The van der Waals surface area contributed by atoms with Crippen LogP contribution in [-0.4, -0.2) is 11.5 Å². The molecule has 0 aliphatic heterocycles. The summed E-state index contributed by atoms with van der Waals surface area (Å²) in [5.74, 6) is 0. The van der Waals surface area contributed by atoms with Gasteiger partial charge < -0.3 is 9.42 Å². The van der Waals surface area contributed by atoms with E-state index in [0.29, 0.717) is 31.8 Å². The number of halogens is 3. The minimum Gasteiger partial charge on any atom is -0.324 e. The van der Waals surface area contributed by atoms with Crippen molar-refractivity contribution in [1.82, 2.24) is 0 Å². The van der Waals surface area contributed by atoms with Crippen molar-refractivity contribution in [2.24, 2.45) is 0 Å². The van der Waals surface area contributed by atoms with E-state index in [1.54, 1.807) is 37.3 Å². The molecule has 0 bridgehead atoms. The molecule has 1 N–H and O–H groups in total. The van der Waals surface area contributed by atoms with Crippen LogP contribution < -0.4 is 0 Å². The first kappa shape index (κ1) is 16.3. The van der Waals surface area contributed by atoms with Gasteiger partial charge in [-0.3, -0.25) is 4.57 Å². The van der Waals surface area contributed by atoms with Crippen molar-refractivity contribution in [3.8, 4) is 11.1 Å². The first-order chi connectivity index (χ1) is 10.3. The largest absolute Gasteiger partial charge is 0.339 e. The van der Waals surface area contributed by atoms with Crippen LogP contribution in [-0.2, 0) is 9.09 Å². The Balaban J connectivity index is 2.33. The van der Waals surface area contributed by atoms with Gasteiger partial charge in [-0.1, -0.05) is 40.9 Å². The maximum Gasteiger partial charge on any atom is 0.339 e. The molecule has 0 spiro atoms. The minimum absolute atomic E-state index is 0.129. The van der Waals surface area contributed by atoms with E-state index in [1.807, 2.05) is 0 Å². The Hall–Kier alpha value is -0.540. The van der Waals surface area contributed by atoms with Crippen molar-refractivity contribution in [2.75, 3.05) is 6.61 Å². The lowest BCUT2D eigenvalue weighted by molar-refractivity contribution is 0.268. The van der Waals surface area contributed by atoms with Crippen LogP contribution in [0.3, 0.4) is 0 Å². The van der Waals surface area contributed by atoms with E-state index in [0.717, 1.165) is 5.56 Å². The molecule has 0 fully saturated rings. The second-order valence-corrected chi connectivity index (χ2v) is 8.15. The number of benzene rings is 2. The number of fused-ring (bicyclic) bond motifs is 3. The predicted molar refractivity (Wildman–Crippen MR) is 90.2 cm³/mol. The summed E-state index contributed by atoms with van der Waals surface area (Å²) in [4.78, 5) is 10.4. The Labute approximate surface area is 143 Å². The molecular weight excluding hydrogens is 365 g/mol. The van der Waals surface area contributed by atoms with Crippen LogP contribution in [0.25, 0.3) is 11.1 Å². The molecule has 1 aliphatic rings. The Morgan fingerprint density at radius 1 is 1.14 bits per heavy atom. The molecule has 0 aromatic heterocycles. The summed E-state index contributed by atoms with van der Waals surface area (Å²) in [5.41, 5.74) is 1.86. The van der Waals surface area contributed by atoms with E-state index < -0.39 is 13.3 Å². The standard InChI is InChI=1S/C15H12Cl3O3P/c1-2-21-22(19,20)15-11-5-8(16)3-4-10(11)14-12(15)6-9(17)7-13(14)18/h3-7,15H,2H2,1H3,(H,19,20). The quantitative estimate of drug-likeness (QED) is 0.673. The highest BCUT2D eigenvalue weighted by Gasteiger charge is 2.43. The highest BCUT2D eigenvalue weighted by molar-refractivity contribution is 7.53. The molecule has 0 saturated heterocycles. The summed E-state index contributed by atoms with van der Waals surface area (Å²) in [6.07, 6.45) is 0. The van der Waals surface area contributed by atoms with Crippen molar-refractivity contribution in [1.29, 1.82) is 0 Å². The van der Waals surface area contributed by atoms with Gasteiger partial charge in [-0.2, -0.15) is 0 Å². The summed E-state index contributed by atoms with van der Waals surface area (Å²) < 4.78 is 17.8. The van der Waals surface area contributed by atoms with E-state index >= 15 is 0 Å². The second-order valence-electron chi connectivity index (χ2n) is 4.97. The fraction of sp³-hybridized carbons (Fsp3) is 0.200. The van der Waals surface area contributed by atoms with E-state index in [9.17, 15) is 9.46 Å². The fourth-order valence-electron chi connectivity index (χ4n) is 2.86. The number of rotatable bonds is 3. The second kappa shape index (κ2) is 5.83. The highest BCUT2D eigenvalue weighted by Crippen LogP contribution is 2.66. The van der Waals surface area contributed by atoms with Crippen LogP contribution in [0.15, 0.2) is 30.3 Å². The molecule has 2 atom stereocenters. The van der Waals surface area contributed by atoms with Gasteiger partial charge in [0, 0.05) is 15.6 Å². The predicted octanol–water partition coefficient (Wildman–Crippen LogP) is 5.94. The van der Waals surface area contributed by atoms with Gasteiger partial charge in [-0.25, -0.2) is 0 Å². The molecule has 0 heterocycles. The van der Waals surface area contributed by atoms with Crippen molar-refractivity contribution >= 4 is 42.4 Å². The lowest BCUT2D eigenvalue weighted by Crippen LogP contribution is -2.02. The molecule has 2 aromatic rings. The molecule has 22 heavy (non-hydrogen) atoms. The summed E-state index contributed by atoms with van der Waals surface area (Å²) in [7, 11) is -3.94. The van der Waals surface area contributed by atoms with Crippen LogP contribution in [0.1, 0.15) is 23.7 Å². The van der Waals surface area contributed by atoms with Crippen molar-refractivity contribution in [3.63, 3.8) is 0 Å². The van der Waals surface area contributed by atoms with Gasteiger partial charge in [0.1, 0.15) is 5.66 Å². The van der Waals surface area contributed by atoms with Crippen LogP contribution in [0, 0.1) is 0 Å². The first-order valence-corrected chi connectivity index (χ1v) is 9.39. The van der Waals surface area contributed by atoms with E-state index in [2.05, 4.69) is 0 Å². The smallest absolute Gasteiger partial charge is 0.324 e. The SMILES string of the molecule is CCOP(=O)(O)C1c2cc(Cl)ccc2-c2c(Cl)cc(Cl)cc21. The third-order valence-electron chi connectivity index (χ3n) is 3.60. The van der Waals surface area contributed by atoms with Gasteiger partial charge in [0.2, 0.25) is 0 Å². The number of hydrogen-bond acceptors (Lipinski definition) is 2. The molecule has 7 heteroatoms. The summed E-state index contributed by atoms with van der Waals surface area (Å²) in [6, 6.07) is 8.46. The molecule has 0 radical (unpaired) electrons. The van der Waals surface area contributed by atoms with Gasteiger partial charge in [-0.15, -0.1) is 0 Å². The van der Waals surface area contributed by atoms with Crippen LogP contribution in [0.2, 0.25) is 15.1 Å². The first-order valence-electron chi connectivity index (χ1n) is 6.61. The maximum atomic E-state index is 12.7. The topological polar surface area (TPSA) is 46.5 Å². The Morgan fingerprint density at radius 3 is 2.50 bits per heavy atom. The van der Waals surface area contributed by atoms with Gasteiger partial charge in [-0.05, 0) is 47.9 Å². The van der Waals surface area contributed by atoms with Gasteiger partial charge in [0.15, 0.2) is 0 Å². The summed E-state index contributed by atoms with van der Waals surface area (Å²) >= 11 is 18.4. The number of hydrogen-bond donors (Lipinski definition) is 1. The zero-order chi connectivity index (χ0) is 16.1. The van der Waals surface area contributed by atoms with Crippen LogP contribution >= 0.6 is 42.4 Å². The van der Waals surface area contributed by atoms with Gasteiger partial charge in [0.25, 0.3) is 0 Å². The van der Waals surface area contributed by atoms with E-state index in [1.165, 1.54) is 0 Å². The molecule has 0 saturated carbocycles. The van der Waals surface area contributed by atoms with Gasteiger partial charge in [0.05, 0.1) is 11.6 Å². The molecule has 2 aromatic carbocycles. The summed E-state index contributed by atoms with van der Waals surface area (Å²) in [6.45, 7) is 1.80. The Bertz CT molecular complexity index is 807. The highest BCUT2D eigenvalue weighted by atomic mass is 35.5. The average Bonchev–Trinajstić information content (AvgIpc) is 2.72. The molecule has 3 rings (SSSR count). The minimum atomic E-state index is -3.94. The van der Waals surface area contributed by atoms with Crippen molar-refractivity contribution in [3.05, 3.63) is 56.5 Å². The monoisotopic (exact) mass is 376 g/mol. The molecule has 0 amide bonds. The van der Waals surface area contributed by atoms with E-state index in [4.69, 9.17) is 39.3 Å². The third kappa shape index (κ3) is 2.60. The third-order valence-corrected chi connectivity index (χ3v) is 6.19. The van der Waals surface area contributed by atoms with Crippen LogP contribution in [0.4, 0.5) is 0 Å². The molecule has 2 unspecified atom stereocenters. The van der Waals surface area contributed by atoms with Crippen molar-refractivity contribution in [2.45, 2.75) is 12.6 Å². The zero-order valence-electron chi connectivity index (χ0n) is 11.5. The average molecular weight is 378 g/mol. The Morgan fingerprint density at radius 2 is 1.82 bits per heavy atom. The van der Waals surface area contributed by atoms with E-state index in [-0.39, 0.29) is 6.61 Å². The molecule has 116 valence electrons. The normalized spacial score (nSPS) is 18.7. The van der Waals surface area contributed by atoms with Crippen LogP contribution in [0.5, 0.6) is 0 Å². The molecule has 1 aliphatic carbocycles. The van der Waals surface area contributed by atoms with Gasteiger partial charge >= 0.3 is 7.60 Å². The lowest BCUT2D eigenvalue weighted by atomic mass is 10.1. The fourth-order valence-corrected chi connectivity index (χ4v) is 5.29. The maximum absolute atomic E-state index is 12.7. The Kier molecular flexibility index (Phi) is 4.32. The summed E-state index contributed by atoms with van der Waals surface area (Å²) in [5, 5.41) is 1.32. The lowest BCUT2D eigenvalue weighted by Gasteiger charge is -2.20. The molecule has 3 nitrogen and oxygen atoms in total. The van der Waals surface area contributed by atoms with Crippen molar-refractivity contribution < 1.29 is 14.0 Å². The molecular formula is C15H12Cl3O3P.